The van der Waals surface area contributed by atoms with Gasteiger partial charge in [-0.1, -0.05) is 35.3 Å². The number of carbonyl (C=O) groups is 2. The zero-order chi connectivity index (χ0) is 24.8. The molecule has 0 atom stereocenters. The average Bonchev–Trinajstić information content (AvgIpc) is 3.18. The Balaban J connectivity index is 1.84. The van der Waals surface area contributed by atoms with Gasteiger partial charge in [-0.3, -0.25) is 14.8 Å². The van der Waals surface area contributed by atoms with Gasteiger partial charge in [0.25, 0.3) is 11.8 Å². The first-order valence-corrected chi connectivity index (χ1v) is 10.7. The third kappa shape index (κ3) is 5.56. The highest BCUT2D eigenvalue weighted by Gasteiger charge is 2.26. The van der Waals surface area contributed by atoms with Crippen LogP contribution in [0.1, 0.15) is 32.0 Å². The van der Waals surface area contributed by atoms with Crippen LogP contribution in [0.4, 0.5) is 0 Å². The van der Waals surface area contributed by atoms with Crippen LogP contribution in [0.3, 0.4) is 0 Å². The van der Waals surface area contributed by atoms with E-state index in [4.69, 9.17) is 42.6 Å². The van der Waals surface area contributed by atoms with Crippen molar-refractivity contribution < 1.29 is 29.0 Å². The molecule has 0 spiro atoms. The maximum atomic E-state index is 13.1. The molecule has 0 aliphatic rings. The van der Waals surface area contributed by atoms with Crippen molar-refractivity contribution in [2.75, 3.05) is 14.2 Å². The second kappa shape index (κ2) is 11.1. The molecule has 2 amide bonds. The van der Waals surface area contributed by atoms with Gasteiger partial charge in [-0.25, -0.2) is 5.48 Å². The van der Waals surface area contributed by atoms with Gasteiger partial charge in [0.1, 0.15) is 17.9 Å². The predicted molar refractivity (Wildman–Crippen MR) is 126 cm³/mol. The van der Waals surface area contributed by atoms with Crippen LogP contribution in [0.25, 0.3) is 0 Å². The van der Waals surface area contributed by atoms with Gasteiger partial charge in [-0.2, -0.15) is 0 Å². The van der Waals surface area contributed by atoms with Gasteiger partial charge in [0, 0.05) is 19.8 Å². The predicted octanol–water partition coefficient (Wildman–Crippen LogP) is 3.98. The highest BCUT2D eigenvalue weighted by atomic mass is 35.5. The minimum absolute atomic E-state index is 0.00255. The topological polar surface area (TPSA) is 111 Å². The number of halogens is 2. The number of hydrogen-bond acceptors (Lipinski definition) is 6. The number of hydrogen-bond donors (Lipinski definition) is 3. The van der Waals surface area contributed by atoms with Crippen LogP contribution >= 0.6 is 23.2 Å². The molecule has 0 saturated carbocycles. The lowest BCUT2D eigenvalue weighted by atomic mass is 10.2. The van der Waals surface area contributed by atoms with Gasteiger partial charge in [0.2, 0.25) is 0 Å². The molecule has 1 heterocycles. The van der Waals surface area contributed by atoms with Crippen LogP contribution in [-0.4, -0.2) is 35.8 Å². The van der Waals surface area contributed by atoms with Crippen molar-refractivity contribution in [2.24, 2.45) is 7.05 Å². The van der Waals surface area contributed by atoms with E-state index >= 15 is 0 Å². The first-order valence-electron chi connectivity index (χ1n) is 9.98. The lowest BCUT2D eigenvalue weighted by molar-refractivity contribution is 0.0702. The summed E-state index contributed by atoms with van der Waals surface area (Å²) in [6.45, 7) is 0.181. The molecule has 34 heavy (non-hydrogen) atoms. The number of nitrogens with one attached hydrogen (secondary N) is 2. The molecule has 0 saturated heterocycles. The van der Waals surface area contributed by atoms with Crippen molar-refractivity contribution in [1.29, 1.82) is 0 Å². The monoisotopic (exact) mass is 507 g/mol. The average molecular weight is 508 g/mol. The summed E-state index contributed by atoms with van der Waals surface area (Å²) in [7, 11) is 4.65. The molecule has 0 unspecified atom stereocenters. The summed E-state index contributed by atoms with van der Waals surface area (Å²) in [6.07, 6.45) is 1.39. The number of methoxy groups -OCH3 is 2. The Kier molecular flexibility index (Phi) is 8.27. The van der Waals surface area contributed by atoms with E-state index < -0.39 is 11.8 Å². The zero-order valence-electron chi connectivity index (χ0n) is 18.6. The third-order valence-electron chi connectivity index (χ3n) is 4.96. The van der Waals surface area contributed by atoms with E-state index in [1.54, 1.807) is 48.9 Å². The quantitative estimate of drug-likeness (QED) is 0.298. The summed E-state index contributed by atoms with van der Waals surface area (Å²) in [5, 5.41) is 12.7. The molecule has 3 N–H and O–H groups in total. The number of aromatic nitrogens is 1. The molecule has 3 aromatic rings. The van der Waals surface area contributed by atoms with Gasteiger partial charge >= 0.3 is 0 Å². The second-order valence-corrected chi connectivity index (χ2v) is 8.00. The Morgan fingerprint density at radius 1 is 0.971 bits per heavy atom. The molecule has 0 fully saturated rings. The smallest absolute Gasteiger partial charge is 0.279 e. The molecule has 0 bridgehead atoms. The van der Waals surface area contributed by atoms with E-state index in [1.165, 1.54) is 25.0 Å². The first-order chi connectivity index (χ1) is 16.3. The minimum atomic E-state index is -0.821. The van der Waals surface area contributed by atoms with Gasteiger partial charge in [0.05, 0.1) is 24.3 Å². The lowest BCUT2D eigenvalue weighted by Crippen LogP contribution is -2.25. The molecule has 9 nitrogen and oxygen atoms in total. The van der Waals surface area contributed by atoms with Gasteiger partial charge < -0.3 is 24.1 Å². The normalized spacial score (nSPS) is 10.5. The number of rotatable bonds is 9. The van der Waals surface area contributed by atoms with Gasteiger partial charge in [0.15, 0.2) is 17.2 Å². The highest BCUT2D eigenvalue weighted by molar-refractivity contribution is 6.42. The minimum Gasteiger partial charge on any atom is -0.493 e. The van der Waals surface area contributed by atoms with Crippen molar-refractivity contribution in [1.82, 2.24) is 15.4 Å². The molecule has 180 valence electrons. The zero-order valence-corrected chi connectivity index (χ0v) is 20.2. The summed E-state index contributed by atoms with van der Waals surface area (Å²) in [4.78, 5) is 25.3. The fraction of sp³-hybridized carbons (Fsp3) is 0.217. The van der Waals surface area contributed by atoms with E-state index in [-0.39, 0.29) is 30.2 Å². The number of benzene rings is 2. The molecular formula is C23H23Cl2N3O6. The summed E-state index contributed by atoms with van der Waals surface area (Å²) in [5.74, 6) is -0.208. The van der Waals surface area contributed by atoms with Crippen molar-refractivity contribution >= 4 is 35.0 Å². The van der Waals surface area contributed by atoms with Crippen LogP contribution in [0.5, 0.6) is 17.2 Å². The lowest BCUT2D eigenvalue weighted by Gasteiger charge is -2.13. The maximum absolute atomic E-state index is 13.1. The molecule has 0 radical (unpaired) electrons. The van der Waals surface area contributed by atoms with Crippen molar-refractivity contribution in [3.8, 4) is 17.2 Å². The van der Waals surface area contributed by atoms with Gasteiger partial charge in [-0.15, -0.1) is 0 Å². The van der Waals surface area contributed by atoms with E-state index in [0.29, 0.717) is 27.1 Å². The number of amides is 2. The molecule has 2 aromatic carbocycles. The number of aryl methyl sites for hydroxylation is 1. The van der Waals surface area contributed by atoms with Crippen LogP contribution in [-0.2, 0) is 20.2 Å². The molecule has 3 rings (SSSR count). The molecule has 0 aliphatic carbocycles. The Morgan fingerprint density at radius 3 is 2.32 bits per heavy atom. The van der Waals surface area contributed by atoms with Crippen LogP contribution in [0.2, 0.25) is 10.0 Å². The van der Waals surface area contributed by atoms with Crippen molar-refractivity contribution in [3.63, 3.8) is 0 Å². The van der Waals surface area contributed by atoms with Gasteiger partial charge in [-0.05, 0) is 35.4 Å². The van der Waals surface area contributed by atoms with E-state index in [9.17, 15) is 9.59 Å². The summed E-state index contributed by atoms with van der Waals surface area (Å²) in [5.41, 5.74) is 3.09. The summed E-state index contributed by atoms with van der Waals surface area (Å²) in [6, 6.07) is 10.2. The molecular weight excluding hydrogens is 485 g/mol. The van der Waals surface area contributed by atoms with Crippen LogP contribution < -0.4 is 25.0 Å². The number of hydroxylamine groups is 1. The SMILES string of the molecule is COc1ccc(CNC(=O)c2c(OCc3ccc(Cl)c(Cl)c3)c(C(=O)NO)cn2C)cc1OC. The van der Waals surface area contributed by atoms with Crippen LogP contribution in [0, 0.1) is 0 Å². The Hall–Kier alpha value is -3.40. The van der Waals surface area contributed by atoms with E-state index in [1.807, 2.05) is 0 Å². The summed E-state index contributed by atoms with van der Waals surface area (Å²) >= 11 is 12.0. The largest absolute Gasteiger partial charge is 0.493 e. The third-order valence-corrected chi connectivity index (χ3v) is 5.70. The second-order valence-electron chi connectivity index (χ2n) is 7.18. The number of nitrogens with zero attached hydrogens (tertiary/aromatic N) is 1. The van der Waals surface area contributed by atoms with Crippen molar-refractivity contribution in [2.45, 2.75) is 13.2 Å². The Morgan fingerprint density at radius 2 is 1.68 bits per heavy atom. The molecule has 11 heteroatoms. The molecule has 1 aromatic heterocycles. The molecule has 0 aliphatic heterocycles. The Bertz CT molecular complexity index is 1210. The van der Waals surface area contributed by atoms with Crippen LogP contribution in [0.15, 0.2) is 42.6 Å². The fourth-order valence-corrected chi connectivity index (χ4v) is 3.60. The number of ether oxygens (including phenoxy) is 3. The maximum Gasteiger partial charge on any atom is 0.279 e. The van der Waals surface area contributed by atoms with E-state index in [2.05, 4.69) is 5.32 Å². The number of carbonyl (C=O) groups excluding carboxylic acids is 2. The summed E-state index contributed by atoms with van der Waals surface area (Å²) < 4.78 is 17.8. The Labute approximate surface area is 206 Å². The standard InChI is InChI=1S/C23H23Cl2N3O6/c1-28-11-15(22(29)27-31)21(34-12-14-4-6-16(24)17(25)8-14)20(28)23(30)26-10-13-5-7-18(32-2)19(9-13)33-3/h4-9,11,31H,10,12H2,1-3H3,(H,26,30)(H,27,29). The first kappa shape index (κ1) is 25.2. The van der Waals surface area contributed by atoms with E-state index in [0.717, 1.165) is 5.56 Å². The fourth-order valence-electron chi connectivity index (χ4n) is 3.28. The highest BCUT2D eigenvalue weighted by Crippen LogP contribution is 2.30. The van der Waals surface area contributed by atoms with Crippen molar-refractivity contribution in [3.05, 3.63) is 75.0 Å².